The number of aryl methyl sites for hydroxylation is 1. The van der Waals surface area contributed by atoms with Gasteiger partial charge in [0.25, 0.3) is 0 Å². The third-order valence-corrected chi connectivity index (χ3v) is 8.53. The van der Waals surface area contributed by atoms with E-state index in [9.17, 15) is 8.42 Å². The van der Waals surface area contributed by atoms with Gasteiger partial charge in [-0.05, 0) is 45.4 Å². The van der Waals surface area contributed by atoms with E-state index in [4.69, 9.17) is 14.2 Å². The molecule has 2 saturated carbocycles. The lowest BCUT2D eigenvalue weighted by Crippen LogP contribution is -2.35. The van der Waals surface area contributed by atoms with E-state index in [0.717, 1.165) is 31.4 Å². The molecule has 1 saturated heterocycles. The van der Waals surface area contributed by atoms with E-state index in [1.54, 1.807) is 19.3 Å². The largest absolute Gasteiger partial charge is 0.376 e. The minimum atomic E-state index is -3.90. The number of nitrogens with zero attached hydrogens (tertiary/aromatic N) is 5. The van der Waals surface area contributed by atoms with Crippen LogP contribution in [0.15, 0.2) is 12.4 Å². The van der Waals surface area contributed by atoms with Crippen LogP contribution in [0.25, 0.3) is 0 Å². The molecule has 2 aliphatic carbocycles. The van der Waals surface area contributed by atoms with Crippen LogP contribution in [0.4, 0.5) is 5.95 Å². The lowest BCUT2D eigenvalue weighted by atomic mass is 10.1. The number of sulfonamides is 1. The summed E-state index contributed by atoms with van der Waals surface area (Å²) < 4.78 is 48.5. The standard InChI is InChI=1S/C21H30N6O5S/c1-13-10-23-16(11-22-13)18(30-3)14(2)33(28,29)26-20-25-24-19(17-12-31-8-9-32-17)27(20)21(6-7-21)15-4-5-15/h10-11,14-15,17-18H,4-9,12H2,1-3H3,(H,25,26)/t14?,17-,18?/m1/s1. The Bertz CT molecular complexity index is 1090. The van der Waals surface area contributed by atoms with Gasteiger partial charge in [-0.15, -0.1) is 10.2 Å². The van der Waals surface area contributed by atoms with Crippen molar-refractivity contribution >= 4 is 16.0 Å². The Morgan fingerprint density at radius 1 is 1.21 bits per heavy atom. The van der Waals surface area contributed by atoms with Crippen molar-refractivity contribution in [2.75, 3.05) is 31.7 Å². The molecule has 0 aromatic carbocycles. The van der Waals surface area contributed by atoms with Crippen molar-refractivity contribution in [1.82, 2.24) is 24.7 Å². The van der Waals surface area contributed by atoms with Gasteiger partial charge in [0.05, 0.1) is 42.9 Å². The molecular formula is C21H30N6O5S. The molecule has 3 aliphatic rings. The van der Waals surface area contributed by atoms with Crippen molar-refractivity contribution in [3.05, 3.63) is 29.6 Å². The SMILES string of the molecule is COC(c1cnc(C)cn1)C(C)S(=O)(=O)Nc1nnc([C@H]2COCCO2)n1C1(C2CC2)CC1. The summed E-state index contributed by atoms with van der Waals surface area (Å²) in [5.74, 6) is 1.35. The topological polar surface area (TPSA) is 130 Å². The highest BCUT2D eigenvalue weighted by molar-refractivity contribution is 7.93. The summed E-state index contributed by atoms with van der Waals surface area (Å²) in [5.41, 5.74) is 1.04. The Morgan fingerprint density at radius 3 is 2.58 bits per heavy atom. The Hall–Kier alpha value is -2.15. The van der Waals surface area contributed by atoms with Gasteiger partial charge >= 0.3 is 0 Å². The molecule has 0 amide bonds. The zero-order valence-corrected chi connectivity index (χ0v) is 19.9. The molecule has 2 aromatic rings. The highest BCUT2D eigenvalue weighted by Crippen LogP contribution is 2.60. The second-order valence-electron chi connectivity index (χ2n) is 9.12. The lowest BCUT2D eigenvalue weighted by molar-refractivity contribution is -0.0954. The average molecular weight is 479 g/mol. The van der Waals surface area contributed by atoms with E-state index in [1.807, 2.05) is 11.5 Å². The fraction of sp³-hybridized carbons (Fsp3) is 0.714. The summed E-state index contributed by atoms with van der Waals surface area (Å²) in [6.45, 7) is 4.79. The monoisotopic (exact) mass is 478 g/mol. The molecular weight excluding hydrogens is 448 g/mol. The first-order valence-electron chi connectivity index (χ1n) is 11.3. The number of aromatic nitrogens is 5. The number of nitrogens with one attached hydrogen (secondary N) is 1. The van der Waals surface area contributed by atoms with E-state index >= 15 is 0 Å². The van der Waals surface area contributed by atoms with Gasteiger partial charge in [-0.2, -0.15) is 0 Å². The first kappa shape index (κ1) is 22.6. The van der Waals surface area contributed by atoms with Gasteiger partial charge in [-0.25, -0.2) is 8.42 Å². The molecule has 0 bridgehead atoms. The summed E-state index contributed by atoms with van der Waals surface area (Å²) >= 11 is 0. The van der Waals surface area contributed by atoms with Crippen LogP contribution < -0.4 is 4.72 Å². The molecule has 33 heavy (non-hydrogen) atoms. The normalized spacial score (nSPS) is 24.3. The van der Waals surface area contributed by atoms with E-state index < -0.39 is 21.4 Å². The van der Waals surface area contributed by atoms with Crippen molar-refractivity contribution in [3.8, 4) is 0 Å². The molecule has 3 atom stereocenters. The predicted octanol–water partition coefficient (Wildman–Crippen LogP) is 1.88. The Kier molecular flexibility index (Phi) is 5.88. The highest BCUT2D eigenvalue weighted by Gasteiger charge is 2.58. The Labute approximate surface area is 193 Å². The number of rotatable bonds is 9. The minimum absolute atomic E-state index is 0.149. The number of methoxy groups -OCH3 is 1. The molecule has 1 aliphatic heterocycles. The fourth-order valence-corrected chi connectivity index (χ4v) is 5.84. The summed E-state index contributed by atoms with van der Waals surface area (Å²) in [6, 6.07) is 0. The molecule has 3 heterocycles. The number of hydrogen-bond acceptors (Lipinski definition) is 9. The first-order chi connectivity index (χ1) is 15.9. The van der Waals surface area contributed by atoms with E-state index in [-0.39, 0.29) is 17.6 Å². The smallest absolute Gasteiger partial charge is 0.240 e. The van der Waals surface area contributed by atoms with Crippen LogP contribution >= 0.6 is 0 Å². The number of ether oxygens (including phenoxy) is 3. The summed E-state index contributed by atoms with van der Waals surface area (Å²) in [4.78, 5) is 8.53. The summed E-state index contributed by atoms with van der Waals surface area (Å²) in [5, 5.41) is 7.68. The van der Waals surface area contributed by atoms with E-state index in [0.29, 0.717) is 37.3 Å². The quantitative estimate of drug-likeness (QED) is 0.574. The van der Waals surface area contributed by atoms with Crippen LogP contribution in [0.5, 0.6) is 0 Å². The predicted molar refractivity (Wildman–Crippen MR) is 118 cm³/mol. The maximum atomic E-state index is 13.4. The van der Waals surface area contributed by atoms with Crippen LogP contribution in [0, 0.1) is 12.8 Å². The lowest BCUT2D eigenvalue weighted by Gasteiger charge is -2.28. The molecule has 180 valence electrons. The van der Waals surface area contributed by atoms with Crippen molar-refractivity contribution in [3.63, 3.8) is 0 Å². The molecule has 1 N–H and O–H groups in total. The summed E-state index contributed by atoms with van der Waals surface area (Å²) in [6.07, 6.45) is 6.17. The van der Waals surface area contributed by atoms with Crippen LogP contribution in [0.2, 0.25) is 0 Å². The molecule has 2 unspecified atom stereocenters. The molecule has 2 aromatic heterocycles. The number of hydrogen-bond donors (Lipinski definition) is 1. The zero-order valence-electron chi connectivity index (χ0n) is 19.1. The van der Waals surface area contributed by atoms with Gasteiger partial charge in [0.2, 0.25) is 16.0 Å². The maximum absolute atomic E-state index is 13.4. The molecule has 3 fully saturated rings. The van der Waals surface area contributed by atoms with Crippen molar-refractivity contribution in [2.24, 2.45) is 5.92 Å². The third-order valence-electron chi connectivity index (χ3n) is 6.83. The Balaban J connectivity index is 1.45. The van der Waals surface area contributed by atoms with Crippen LogP contribution in [-0.4, -0.2) is 65.3 Å². The number of anilines is 1. The van der Waals surface area contributed by atoms with E-state index in [1.165, 1.54) is 7.11 Å². The van der Waals surface area contributed by atoms with Crippen LogP contribution in [0.3, 0.4) is 0 Å². The molecule has 5 rings (SSSR count). The van der Waals surface area contributed by atoms with Gasteiger partial charge in [0, 0.05) is 13.3 Å². The van der Waals surface area contributed by atoms with Crippen LogP contribution in [0.1, 0.15) is 62.0 Å². The minimum Gasteiger partial charge on any atom is -0.376 e. The van der Waals surface area contributed by atoms with E-state index in [2.05, 4.69) is 24.9 Å². The summed E-state index contributed by atoms with van der Waals surface area (Å²) in [7, 11) is -2.43. The van der Waals surface area contributed by atoms with Gasteiger partial charge in [0.15, 0.2) is 5.82 Å². The van der Waals surface area contributed by atoms with Crippen molar-refractivity contribution < 1.29 is 22.6 Å². The second-order valence-corrected chi connectivity index (χ2v) is 11.2. The second kappa shape index (κ2) is 8.57. The zero-order chi connectivity index (χ0) is 23.2. The molecule has 12 heteroatoms. The average Bonchev–Trinajstić information content (AvgIpc) is 3.73. The van der Waals surface area contributed by atoms with Gasteiger partial charge < -0.3 is 14.2 Å². The third kappa shape index (κ3) is 4.25. The first-order valence-corrected chi connectivity index (χ1v) is 12.9. The highest BCUT2D eigenvalue weighted by atomic mass is 32.2. The van der Waals surface area contributed by atoms with Crippen molar-refractivity contribution in [2.45, 2.75) is 62.5 Å². The van der Waals surface area contributed by atoms with Crippen molar-refractivity contribution in [1.29, 1.82) is 0 Å². The maximum Gasteiger partial charge on any atom is 0.240 e. The molecule has 11 nitrogen and oxygen atoms in total. The fourth-order valence-electron chi connectivity index (χ4n) is 4.70. The Morgan fingerprint density at radius 2 is 2.00 bits per heavy atom. The van der Waals surface area contributed by atoms with Crippen LogP contribution in [-0.2, 0) is 29.8 Å². The van der Waals surface area contributed by atoms with Gasteiger partial charge in [0.1, 0.15) is 17.5 Å². The van der Waals surface area contributed by atoms with Gasteiger partial charge in [-0.1, -0.05) is 0 Å². The molecule has 0 radical (unpaired) electrons. The van der Waals surface area contributed by atoms with Gasteiger partial charge in [-0.3, -0.25) is 19.3 Å². The molecule has 0 spiro atoms.